The maximum Gasteiger partial charge on any atom is 0.200 e. The van der Waals surface area contributed by atoms with Crippen molar-refractivity contribution in [2.45, 2.75) is 188 Å². The van der Waals surface area contributed by atoms with Crippen molar-refractivity contribution in [3.05, 3.63) is 146 Å². The van der Waals surface area contributed by atoms with Gasteiger partial charge in [-0.25, -0.2) is 87.8 Å². The minimum atomic E-state index is -7.22. The van der Waals surface area contributed by atoms with Crippen molar-refractivity contribution < 1.29 is 87.8 Å². The molecule has 0 aromatic heterocycles. The van der Waals surface area contributed by atoms with E-state index in [1.54, 1.807) is 0 Å². The van der Waals surface area contributed by atoms with Gasteiger partial charge in [-0.15, -0.1) is 21.9 Å². The molecule has 0 aliphatic carbocycles. The summed E-state index contributed by atoms with van der Waals surface area (Å²) in [6, 6.07) is 9.04. The zero-order chi connectivity index (χ0) is 61.7. The Morgan fingerprint density at radius 3 is 0.639 bits per heavy atom. The van der Waals surface area contributed by atoms with Crippen molar-refractivity contribution in [3.8, 4) is 0 Å². The molecule has 5 rings (SSSR count). The Morgan fingerprint density at radius 1 is 0.253 bits per heavy atom. The highest BCUT2D eigenvalue weighted by Gasteiger charge is 2.52. The lowest BCUT2D eigenvalue weighted by Crippen LogP contribution is -2.81. The monoisotopic (exact) mass is 1210 g/mol. The highest BCUT2D eigenvalue weighted by molar-refractivity contribution is 7.20. The topological polar surface area (TPSA) is 3.24 Å². The SMILES string of the molecule is CCCCCCCCCCCCCCCCCCN(CCCCCCCCCCCC)c1ccccc1C.Fc1c(F)c(F)c([B-](c2c(F)c(F)c(F)c(F)c2F)(c2c(F)c(F)c(F)c(F)c2F)c2c(F)c(F)c(F)c(F)c2F)c(F)c1F. The Bertz CT molecular complexity index is 2510. The Labute approximate surface area is 472 Å². The molecule has 0 spiro atoms. The summed E-state index contributed by atoms with van der Waals surface area (Å²) < 4.78 is 294. The highest BCUT2D eigenvalue weighted by Crippen LogP contribution is 2.31. The number of rotatable bonds is 33. The number of nitrogens with zero attached hydrogens (tertiary/aromatic N) is 1. The Hall–Kier alpha value is -5.44. The molecule has 0 aliphatic rings. The first-order valence-corrected chi connectivity index (χ1v) is 28.5. The fraction of sp³-hybridized carbons (Fsp3) is 0.508. The predicted octanol–water partition coefficient (Wildman–Crippen LogP) is 18.8. The van der Waals surface area contributed by atoms with Crippen LogP contribution in [0.15, 0.2) is 24.3 Å². The third-order valence-corrected chi connectivity index (χ3v) is 15.2. The Morgan fingerprint density at radius 2 is 0.434 bits per heavy atom. The van der Waals surface area contributed by atoms with Gasteiger partial charge in [0.15, 0.2) is 69.8 Å². The van der Waals surface area contributed by atoms with Gasteiger partial charge in [-0.1, -0.05) is 186 Å². The summed E-state index contributed by atoms with van der Waals surface area (Å²) in [5.74, 6) is -71.4. The van der Waals surface area contributed by atoms with Gasteiger partial charge in [-0.2, -0.15) is 0 Å². The average molecular weight is 1210 g/mol. The lowest BCUT2D eigenvalue weighted by atomic mass is 9.12. The van der Waals surface area contributed by atoms with E-state index in [9.17, 15) is 52.7 Å². The molecule has 0 N–H and O–H groups in total. The number of unbranched alkanes of at least 4 members (excludes halogenated alkanes) is 24. The van der Waals surface area contributed by atoms with Crippen molar-refractivity contribution in [1.82, 2.24) is 0 Å². The molecule has 0 radical (unpaired) electrons. The van der Waals surface area contributed by atoms with Crippen LogP contribution in [-0.4, -0.2) is 19.2 Å². The van der Waals surface area contributed by atoms with Gasteiger partial charge in [0.05, 0.1) is 0 Å². The van der Waals surface area contributed by atoms with Gasteiger partial charge in [-0.05, 0) is 31.4 Å². The maximum atomic E-state index is 15.4. The van der Waals surface area contributed by atoms with E-state index in [-0.39, 0.29) is 0 Å². The minimum absolute atomic E-state index is 1.24. The molecule has 0 saturated heterocycles. The normalized spacial score (nSPS) is 11.7. The second kappa shape index (κ2) is 33.9. The summed E-state index contributed by atoms with van der Waals surface area (Å²) in [4.78, 5) is 2.70. The highest BCUT2D eigenvalue weighted by atomic mass is 19.2. The minimum Gasteiger partial charge on any atom is -0.371 e. The number of benzene rings is 5. The summed E-state index contributed by atoms with van der Waals surface area (Å²) in [6.07, 6.45) is 30.1. The van der Waals surface area contributed by atoms with Crippen LogP contribution in [-0.2, 0) is 0 Å². The molecule has 5 aromatic carbocycles. The van der Waals surface area contributed by atoms with E-state index in [1.807, 2.05) is 0 Å². The summed E-state index contributed by atoms with van der Waals surface area (Å²) >= 11 is 0. The molecule has 0 saturated carbocycles. The number of anilines is 1. The third-order valence-electron chi connectivity index (χ3n) is 15.2. The lowest BCUT2D eigenvalue weighted by Gasteiger charge is -2.44. The number of halogens is 20. The molecule has 22 heteroatoms. The molecule has 1 nitrogen and oxygen atoms in total. The van der Waals surface area contributed by atoms with Crippen molar-refractivity contribution in [1.29, 1.82) is 0 Å². The van der Waals surface area contributed by atoms with Crippen LogP contribution in [0.3, 0.4) is 0 Å². The van der Waals surface area contributed by atoms with Gasteiger partial charge in [0.25, 0.3) is 0 Å². The molecule has 462 valence electrons. The van der Waals surface area contributed by atoms with Crippen LogP contribution >= 0.6 is 0 Å². The fourth-order valence-electron chi connectivity index (χ4n) is 10.8. The van der Waals surface area contributed by atoms with E-state index < -0.39 is 144 Å². The smallest absolute Gasteiger partial charge is 0.200 e. The van der Waals surface area contributed by atoms with Crippen molar-refractivity contribution in [2.75, 3.05) is 18.0 Å². The zero-order valence-corrected chi connectivity index (χ0v) is 46.7. The van der Waals surface area contributed by atoms with E-state index in [0.717, 1.165) is 0 Å². The first-order valence-electron chi connectivity index (χ1n) is 28.5. The second-order valence-electron chi connectivity index (χ2n) is 21.1. The second-order valence-corrected chi connectivity index (χ2v) is 21.1. The largest absolute Gasteiger partial charge is 0.371 e. The van der Waals surface area contributed by atoms with Gasteiger partial charge in [0.2, 0.25) is 0 Å². The molecule has 0 aliphatic heterocycles. The number of para-hydroxylation sites is 1. The van der Waals surface area contributed by atoms with E-state index in [1.165, 1.54) is 191 Å². The summed E-state index contributed by atoms with van der Waals surface area (Å²) in [5, 5.41) is 0. The molecule has 83 heavy (non-hydrogen) atoms. The van der Waals surface area contributed by atoms with Gasteiger partial charge in [0, 0.05) is 18.8 Å². The lowest BCUT2D eigenvalue weighted by molar-refractivity contribution is 0.378. The summed E-state index contributed by atoms with van der Waals surface area (Å²) in [6.45, 7) is 9.37. The molecule has 0 amide bonds. The number of aryl methyl sites for hydroxylation is 1. The Kier molecular flexibility index (Phi) is 28.6. The number of hydrogen-bond acceptors (Lipinski definition) is 1. The predicted molar refractivity (Wildman–Crippen MR) is 284 cm³/mol. The summed E-state index contributed by atoms with van der Waals surface area (Å²) in [5.41, 5.74) is -11.4. The van der Waals surface area contributed by atoms with E-state index in [0.29, 0.717) is 0 Å². The van der Waals surface area contributed by atoms with Crippen molar-refractivity contribution in [2.24, 2.45) is 0 Å². The van der Waals surface area contributed by atoms with Crippen LogP contribution in [0, 0.1) is 123 Å². The summed E-state index contributed by atoms with van der Waals surface area (Å²) in [7, 11) is 0. The molecular weight excluding hydrogens is 1140 g/mol. The number of hydrogen-bond donors (Lipinski definition) is 0. The quantitative estimate of drug-likeness (QED) is 0.0133. The van der Waals surface area contributed by atoms with Gasteiger partial charge < -0.3 is 4.90 Å². The first kappa shape index (κ1) is 70.1. The first-order chi connectivity index (χ1) is 39.5. The molecule has 5 aromatic rings. The van der Waals surface area contributed by atoms with Gasteiger partial charge in [-0.3, -0.25) is 0 Å². The fourth-order valence-corrected chi connectivity index (χ4v) is 10.8. The molecule has 0 heterocycles. The van der Waals surface area contributed by atoms with Crippen molar-refractivity contribution >= 4 is 33.7 Å². The van der Waals surface area contributed by atoms with Gasteiger partial charge >= 0.3 is 0 Å². The standard InChI is InChI=1S/C37H69N.C24BF20/c1-4-6-8-10-12-14-16-17-18-19-20-21-23-25-27-31-35-38(37-33-29-28-32-36(37)3)34-30-26-24-22-15-13-11-9-7-5-2;26-5-1(6(27)14(35)21(42)13(5)34)25(2-7(28)15(36)22(43)16(37)8(2)29,3-9(30)17(38)23(44)18(39)10(3)31)4-11(32)19(40)24(45)20(41)12(4)33/h28-29,32-33H,4-27,30-31,34-35H2,1-3H3;/q;-1. The van der Waals surface area contributed by atoms with Crippen LogP contribution in [0.4, 0.5) is 93.5 Å². The molecule has 0 fully saturated rings. The molecule has 0 atom stereocenters. The van der Waals surface area contributed by atoms with Crippen LogP contribution in [0.25, 0.3) is 0 Å². The van der Waals surface area contributed by atoms with Crippen LogP contribution in [0.1, 0.15) is 186 Å². The molecular formula is C61H69BF20N-. The van der Waals surface area contributed by atoms with E-state index >= 15 is 35.1 Å². The van der Waals surface area contributed by atoms with Crippen LogP contribution in [0.5, 0.6) is 0 Å². The van der Waals surface area contributed by atoms with E-state index in [2.05, 4.69) is 49.9 Å². The zero-order valence-electron chi connectivity index (χ0n) is 46.7. The molecule has 0 bridgehead atoms. The maximum absolute atomic E-state index is 15.4. The van der Waals surface area contributed by atoms with E-state index in [4.69, 9.17) is 0 Å². The third kappa shape index (κ3) is 16.7. The van der Waals surface area contributed by atoms with Gasteiger partial charge in [0.1, 0.15) is 52.7 Å². The molecule has 0 unspecified atom stereocenters. The Balaban J connectivity index is 0.000000363. The van der Waals surface area contributed by atoms with Crippen LogP contribution < -0.4 is 26.8 Å². The van der Waals surface area contributed by atoms with Crippen molar-refractivity contribution in [3.63, 3.8) is 0 Å². The average Bonchev–Trinajstić information content (AvgIpc) is 0.782. The van der Waals surface area contributed by atoms with Crippen LogP contribution in [0.2, 0.25) is 0 Å².